The second kappa shape index (κ2) is 9.33. The third-order valence-corrected chi connectivity index (χ3v) is 6.96. The van der Waals surface area contributed by atoms with Crippen LogP contribution in [0.3, 0.4) is 0 Å². The molecular weight excluding hydrogens is 410 g/mol. The first-order chi connectivity index (χ1) is 14.3. The van der Waals surface area contributed by atoms with Crippen LogP contribution in [0.4, 0.5) is 5.69 Å². The van der Waals surface area contributed by atoms with Gasteiger partial charge in [0.05, 0.1) is 17.1 Å². The van der Waals surface area contributed by atoms with Gasteiger partial charge in [-0.1, -0.05) is 52.0 Å². The van der Waals surface area contributed by atoms with Crippen LogP contribution in [0.1, 0.15) is 75.6 Å². The maximum atomic E-state index is 13.0. The first-order valence-corrected chi connectivity index (χ1v) is 12.0. The molecule has 0 saturated heterocycles. The molecule has 2 rings (SSSR count). The Morgan fingerprint density at radius 3 is 2.06 bits per heavy atom. The van der Waals surface area contributed by atoms with Gasteiger partial charge in [0.25, 0.3) is 0 Å². The number of nitrogens with zero attached hydrogens (tertiary/aromatic N) is 1. The lowest BCUT2D eigenvalue weighted by Gasteiger charge is -2.20. The van der Waals surface area contributed by atoms with Crippen molar-refractivity contribution < 1.29 is 18.3 Å². The first-order valence-electron chi connectivity index (χ1n) is 10.4. The van der Waals surface area contributed by atoms with Crippen molar-refractivity contribution in [2.24, 2.45) is 0 Å². The summed E-state index contributed by atoms with van der Waals surface area (Å²) < 4.78 is 26.0. The quantitative estimate of drug-likeness (QED) is 0.564. The van der Waals surface area contributed by atoms with E-state index in [4.69, 9.17) is 6.57 Å². The minimum absolute atomic E-state index is 0.0436. The van der Waals surface area contributed by atoms with Crippen molar-refractivity contribution in [3.05, 3.63) is 70.1 Å². The average Bonchev–Trinajstić information content (AvgIpc) is 2.66. The molecule has 0 aliphatic heterocycles. The number of benzene rings is 2. The summed E-state index contributed by atoms with van der Waals surface area (Å²) in [5, 5.41) is 10.3. The van der Waals surface area contributed by atoms with E-state index in [1.54, 1.807) is 0 Å². The van der Waals surface area contributed by atoms with Crippen LogP contribution in [0.25, 0.3) is 4.85 Å². The third kappa shape index (κ3) is 6.03. The van der Waals surface area contributed by atoms with Gasteiger partial charge >= 0.3 is 0 Å². The highest BCUT2D eigenvalue weighted by molar-refractivity contribution is 7.92. The zero-order valence-electron chi connectivity index (χ0n) is 19.1. The van der Waals surface area contributed by atoms with E-state index in [-0.39, 0.29) is 28.8 Å². The summed E-state index contributed by atoms with van der Waals surface area (Å²) in [7, 11) is -3.97. The molecule has 31 heavy (non-hydrogen) atoms. The number of rotatable bonds is 8. The van der Waals surface area contributed by atoms with Gasteiger partial charge in [0.1, 0.15) is 5.75 Å². The van der Waals surface area contributed by atoms with Gasteiger partial charge in [-0.25, -0.2) is 13.3 Å². The Balaban J connectivity index is 2.41. The van der Waals surface area contributed by atoms with Crippen LogP contribution in [0.5, 0.6) is 0 Å². The van der Waals surface area contributed by atoms with Crippen molar-refractivity contribution in [3.8, 4) is 0 Å². The largest absolute Gasteiger partial charge is 0.386 e. The van der Waals surface area contributed by atoms with Gasteiger partial charge in [0.15, 0.2) is 21.3 Å². The van der Waals surface area contributed by atoms with Crippen LogP contribution in [0, 0.1) is 6.57 Å². The lowest BCUT2D eigenvalue weighted by molar-refractivity contribution is -0.116. The molecule has 5 nitrogen and oxygen atoms in total. The molecule has 2 aromatic carbocycles. The minimum atomic E-state index is -3.97. The highest BCUT2D eigenvalue weighted by Crippen LogP contribution is 2.30. The van der Waals surface area contributed by atoms with Crippen LogP contribution in [-0.2, 0) is 26.7 Å². The Morgan fingerprint density at radius 1 is 1.06 bits per heavy atom. The molecule has 0 heterocycles. The lowest BCUT2D eigenvalue weighted by atomic mass is 9.86. The molecule has 0 saturated carbocycles. The SMILES string of the molecule is [C-]#[N+]c1cc(C(C)(C)O)cc(S(=O)(=O)CC(=O)Cc2c(C(C)C)cccc2C(C)C)c1. The molecule has 1 N–H and O–H groups in total. The molecule has 0 aliphatic carbocycles. The van der Waals surface area contributed by atoms with Gasteiger partial charge in [0.2, 0.25) is 0 Å². The minimum Gasteiger partial charge on any atom is -0.386 e. The number of carbonyl (C=O) groups is 1. The predicted molar refractivity (Wildman–Crippen MR) is 123 cm³/mol. The van der Waals surface area contributed by atoms with E-state index in [9.17, 15) is 18.3 Å². The molecular formula is C25H31NO4S. The highest BCUT2D eigenvalue weighted by atomic mass is 32.2. The van der Waals surface area contributed by atoms with Crippen LogP contribution < -0.4 is 0 Å². The normalized spacial score (nSPS) is 12.3. The Hall–Kier alpha value is -2.49. The van der Waals surface area contributed by atoms with E-state index in [0.29, 0.717) is 5.56 Å². The zero-order valence-corrected chi connectivity index (χ0v) is 19.9. The van der Waals surface area contributed by atoms with E-state index >= 15 is 0 Å². The summed E-state index contributed by atoms with van der Waals surface area (Å²) in [4.78, 5) is 16.1. The van der Waals surface area contributed by atoms with Crippen LogP contribution in [0.15, 0.2) is 41.3 Å². The fraction of sp³-hybridized carbons (Fsp3) is 0.440. The number of aliphatic hydroxyl groups is 1. The first kappa shape index (κ1) is 24.8. The third-order valence-electron chi connectivity index (χ3n) is 5.30. The van der Waals surface area contributed by atoms with Crippen molar-refractivity contribution in [3.63, 3.8) is 0 Å². The summed E-state index contributed by atoms with van der Waals surface area (Å²) in [6.45, 7) is 18.5. The van der Waals surface area contributed by atoms with E-state index < -0.39 is 27.0 Å². The Kier molecular flexibility index (Phi) is 7.46. The summed E-state index contributed by atoms with van der Waals surface area (Å²) in [5.41, 5.74) is 2.13. The van der Waals surface area contributed by atoms with Crippen molar-refractivity contribution in [1.82, 2.24) is 0 Å². The van der Waals surface area contributed by atoms with Gasteiger partial charge in [-0.3, -0.25) is 4.79 Å². The summed E-state index contributed by atoms with van der Waals surface area (Å²) in [6, 6.07) is 10.0. The fourth-order valence-electron chi connectivity index (χ4n) is 3.63. The average molecular weight is 442 g/mol. The van der Waals surface area contributed by atoms with E-state index in [1.165, 1.54) is 32.0 Å². The summed E-state index contributed by atoms with van der Waals surface area (Å²) in [6.07, 6.45) is 0.0436. The van der Waals surface area contributed by atoms with Crippen LogP contribution in [-0.4, -0.2) is 25.1 Å². The summed E-state index contributed by atoms with van der Waals surface area (Å²) >= 11 is 0. The predicted octanol–water partition coefficient (Wildman–Crippen LogP) is 5.30. The molecule has 0 unspecified atom stereocenters. The molecule has 0 fully saturated rings. The maximum Gasteiger partial charge on any atom is 0.188 e. The second-order valence-electron chi connectivity index (χ2n) is 9.09. The molecule has 0 aromatic heterocycles. The van der Waals surface area contributed by atoms with E-state index in [0.717, 1.165) is 16.7 Å². The second-order valence-corrected chi connectivity index (χ2v) is 11.1. The molecule has 0 aliphatic rings. The molecule has 6 heteroatoms. The van der Waals surface area contributed by atoms with Crippen molar-refractivity contribution in [1.29, 1.82) is 0 Å². The summed E-state index contributed by atoms with van der Waals surface area (Å²) in [5.74, 6) is -0.623. The smallest absolute Gasteiger partial charge is 0.188 e. The van der Waals surface area contributed by atoms with E-state index in [2.05, 4.69) is 32.5 Å². The molecule has 2 aromatic rings. The molecule has 0 spiro atoms. The molecule has 166 valence electrons. The fourth-order valence-corrected chi connectivity index (χ4v) is 4.93. The number of Topliss-reactive ketones (excluding diaryl/α,β-unsaturated/α-hetero) is 1. The topological polar surface area (TPSA) is 75.8 Å². The number of ketones is 1. The van der Waals surface area contributed by atoms with Crippen molar-refractivity contribution in [2.45, 2.75) is 70.3 Å². The van der Waals surface area contributed by atoms with Gasteiger partial charge in [-0.2, -0.15) is 0 Å². The maximum absolute atomic E-state index is 13.0. The molecule has 0 bridgehead atoms. The molecule has 0 radical (unpaired) electrons. The molecule has 0 atom stereocenters. The van der Waals surface area contributed by atoms with Crippen LogP contribution >= 0.6 is 0 Å². The van der Waals surface area contributed by atoms with Gasteiger partial charge in [-0.15, -0.1) is 0 Å². The van der Waals surface area contributed by atoms with Gasteiger partial charge in [-0.05, 0) is 60.1 Å². The Labute approximate surface area is 185 Å². The Bertz CT molecular complexity index is 1090. The van der Waals surface area contributed by atoms with Gasteiger partial charge in [0, 0.05) is 6.42 Å². The van der Waals surface area contributed by atoms with Gasteiger partial charge < -0.3 is 5.11 Å². The van der Waals surface area contributed by atoms with Crippen molar-refractivity contribution in [2.75, 3.05) is 5.75 Å². The Morgan fingerprint density at radius 2 is 1.61 bits per heavy atom. The lowest BCUT2D eigenvalue weighted by Crippen LogP contribution is -2.21. The highest BCUT2D eigenvalue weighted by Gasteiger charge is 2.25. The molecule has 0 amide bonds. The van der Waals surface area contributed by atoms with Crippen LogP contribution in [0.2, 0.25) is 0 Å². The zero-order chi connectivity index (χ0) is 23.6. The van der Waals surface area contributed by atoms with Crippen molar-refractivity contribution >= 4 is 21.3 Å². The monoisotopic (exact) mass is 441 g/mol. The number of hydrogen-bond donors (Lipinski definition) is 1. The number of hydrogen-bond acceptors (Lipinski definition) is 4. The standard InChI is InChI=1S/C25H31NO4S/c1-16(2)22-9-8-10-23(17(3)4)24(22)14-20(27)15-31(29,30)21-12-18(25(5,6)28)11-19(13-21)26-7/h8-13,16-17,28H,14-15H2,1-6H3. The number of carbonyl (C=O) groups excluding carboxylic acids is 1. The van der Waals surface area contributed by atoms with E-state index in [1.807, 2.05) is 18.2 Å². The number of sulfone groups is 1.